The molecule has 10 nitrogen and oxygen atoms in total. The first kappa shape index (κ1) is 25.0. The molecular weight excluding hydrogens is 456 g/mol. The first-order valence-corrected chi connectivity index (χ1v) is 12.6. The zero-order valence-electron chi connectivity index (χ0n) is 17.5. The van der Waals surface area contributed by atoms with Crippen LogP contribution in [-0.2, 0) is 24.9 Å². The van der Waals surface area contributed by atoms with E-state index in [1.807, 2.05) is 6.92 Å². The number of hydrazone groups is 1. The van der Waals surface area contributed by atoms with Gasteiger partial charge in [-0.15, -0.1) is 0 Å². The van der Waals surface area contributed by atoms with Crippen molar-refractivity contribution in [3.8, 4) is 0 Å². The van der Waals surface area contributed by atoms with Gasteiger partial charge < -0.3 is 11.2 Å². The van der Waals surface area contributed by atoms with Crippen LogP contribution in [0.5, 0.6) is 0 Å². The van der Waals surface area contributed by atoms with E-state index in [1.165, 1.54) is 4.31 Å². The Morgan fingerprint density at radius 3 is 2.31 bits per heavy atom. The minimum absolute atomic E-state index is 0.145. The minimum atomic E-state index is -3.76. The molecule has 0 bridgehead atoms. The molecule has 1 heterocycles. The molecular formula is C20H24N4O6S2. The number of aryl methyl sites for hydroxylation is 1. The Kier molecular flexibility index (Phi) is 8.14. The molecule has 12 heteroatoms. The zero-order chi connectivity index (χ0) is 23.9. The Bertz CT molecular complexity index is 1230. The van der Waals surface area contributed by atoms with Gasteiger partial charge in [-0.1, -0.05) is 35.9 Å². The smallest absolute Gasteiger partial charge is 0.264 e. The van der Waals surface area contributed by atoms with E-state index in [9.17, 15) is 21.6 Å². The Hall–Kier alpha value is -3.22. The molecule has 0 spiro atoms. The molecule has 2 aromatic rings. The van der Waals surface area contributed by atoms with Crippen LogP contribution >= 0.6 is 0 Å². The summed E-state index contributed by atoms with van der Waals surface area (Å²) < 4.78 is 53.7. The first-order valence-electron chi connectivity index (χ1n) is 9.27. The molecule has 4 N–H and O–H groups in total. The van der Waals surface area contributed by atoms with Crippen molar-refractivity contribution in [1.82, 2.24) is 5.32 Å². The highest BCUT2D eigenvalue weighted by Gasteiger charge is 2.29. The lowest BCUT2D eigenvalue weighted by Gasteiger charge is -2.24. The number of nitrogens with one attached hydrogen (secondary N) is 1. The van der Waals surface area contributed by atoms with Crippen molar-refractivity contribution < 1.29 is 26.2 Å². The Morgan fingerprint density at radius 1 is 1.12 bits per heavy atom. The van der Waals surface area contributed by atoms with Crippen LogP contribution in [0.25, 0.3) is 6.08 Å². The fourth-order valence-electron chi connectivity index (χ4n) is 2.89. The summed E-state index contributed by atoms with van der Waals surface area (Å²) in [5.41, 5.74) is 2.62. The molecule has 0 aromatic heterocycles. The average Bonchev–Trinajstić information content (AvgIpc) is 2.91. The third-order valence-corrected chi connectivity index (χ3v) is 6.12. The van der Waals surface area contributed by atoms with Gasteiger partial charge in [-0.05, 0) is 43.2 Å². The summed E-state index contributed by atoms with van der Waals surface area (Å²) in [4.78, 5) is 12.5. The lowest BCUT2D eigenvalue weighted by Crippen LogP contribution is -2.33. The number of hydrogen-bond donors (Lipinski definition) is 3. The second-order valence-electron chi connectivity index (χ2n) is 6.85. The van der Waals surface area contributed by atoms with Crippen molar-refractivity contribution in [2.24, 2.45) is 10.9 Å². The molecule has 0 aliphatic carbocycles. The van der Waals surface area contributed by atoms with Crippen LogP contribution in [0, 0.1) is 6.92 Å². The maximum absolute atomic E-state index is 13.2. The van der Waals surface area contributed by atoms with E-state index in [-0.39, 0.29) is 23.8 Å². The summed E-state index contributed by atoms with van der Waals surface area (Å²) in [7, 11) is -7.43. The third kappa shape index (κ3) is 6.90. The van der Waals surface area contributed by atoms with Crippen LogP contribution < -0.4 is 15.5 Å². The van der Waals surface area contributed by atoms with Crippen molar-refractivity contribution in [2.75, 3.05) is 17.1 Å². The van der Waals surface area contributed by atoms with E-state index in [2.05, 4.69) is 10.4 Å². The van der Waals surface area contributed by atoms with Crippen LogP contribution in [0.15, 0.2) is 64.1 Å². The van der Waals surface area contributed by atoms with Crippen molar-refractivity contribution in [3.63, 3.8) is 0 Å². The van der Waals surface area contributed by atoms with Gasteiger partial charge in [0.1, 0.15) is 6.34 Å². The van der Waals surface area contributed by atoms with Gasteiger partial charge in [-0.2, -0.15) is 13.5 Å². The number of fused-ring (bicyclic) bond motifs is 1. The number of nitrogens with zero attached hydrogens (tertiary/aromatic N) is 2. The lowest BCUT2D eigenvalue weighted by atomic mass is 10.1. The SMILES string of the molecule is CS(=O)(=O)O.Cc1ccc(S(=O)(=O)N2CCC(C(=O)NC=NN)=Cc3ccccc32)cc1. The molecule has 0 atom stereocenters. The Labute approximate surface area is 187 Å². The maximum Gasteiger partial charge on any atom is 0.264 e. The second-order valence-corrected chi connectivity index (χ2v) is 10.2. The van der Waals surface area contributed by atoms with Gasteiger partial charge in [-0.3, -0.25) is 13.7 Å². The summed E-state index contributed by atoms with van der Waals surface area (Å²) in [6.07, 6.45) is 3.76. The van der Waals surface area contributed by atoms with Crippen LogP contribution in [0.3, 0.4) is 0 Å². The molecule has 0 unspecified atom stereocenters. The molecule has 2 aromatic carbocycles. The van der Waals surface area contributed by atoms with Crippen molar-refractivity contribution >= 4 is 44.2 Å². The van der Waals surface area contributed by atoms with Gasteiger partial charge in [0.05, 0.1) is 16.8 Å². The average molecular weight is 481 g/mol. The number of amides is 1. The molecule has 0 saturated carbocycles. The maximum atomic E-state index is 13.2. The molecule has 1 aliphatic rings. The Morgan fingerprint density at radius 2 is 1.72 bits per heavy atom. The van der Waals surface area contributed by atoms with Crippen LogP contribution in [0.4, 0.5) is 5.69 Å². The summed E-state index contributed by atoms with van der Waals surface area (Å²) in [6, 6.07) is 13.8. The van der Waals surface area contributed by atoms with Gasteiger partial charge in [0.2, 0.25) is 0 Å². The van der Waals surface area contributed by atoms with Crippen LogP contribution in [-0.4, -0.2) is 46.4 Å². The monoisotopic (exact) mass is 480 g/mol. The Balaban J connectivity index is 0.000000654. The standard InChI is InChI=1S/C19H20N4O3S.CH4O3S/c1-14-6-8-17(9-7-14)27(25,26)23-11-10-16(19(24)21-13-22-20)12-15-4-2-3-5-18(15)23;1-5(2,3)4/h2-9,12-13H,10-11,20H2,1H3,(H,21,22,24);1H3,(H,2,3,4). The van der Waals surface area contributed by atoms with Crippen LogP contribution in [0.1, 0.15) is 17.5 Å². The predicted octanol–water partition coefficient (Wildman–Crippen LogP) is 1.50. The number of carbonyl (C=O) groups is 1. The molecule has 1 amide bonds. The van der Waals surface area contributed by atoms with Crippen LogP contribution in [0.2, 0.25) is 0 Å². The molecule has 3 rings (SSSR count). The van der Waals surface area contributed by atoms with Gasteiger partial charge in [0.25, 0.3) is 26.0 Å². The van der Waals surface area contributed by atoms with Gasteiger partial charge in [-0.25, -0.2) is 8.42 Å². The fraction of sp³-hybridized carbons (Fsp3) is 0.200. The van der Waals surface area contributed by atoms with Gasteiger partial charge in [0.15, 0.2) is 0 Å². The van der Waals surface area contributed by atoms with Crippen molar-refractivity contribution in [1.29, 1.82) is 0 Å². The number of benzene rings is 2. The van der Waals surface area contributed by atoms with Crippen molar-refractivity contribution in [3.05, 3.63) is 65.2 Å². The lowest BCUT2D eigenvalue weighted by molar-refractivity contribution is -0.116. The molecule has 172 valence electrons. The largest absolute Gasteiger partial charge is 0.322 e. The fourth-order valence-corrected chi connectivity index (χ4v) is 4.39. The first-order chi connectivity index (χ1) is 14.9. The topological polar surface area (TPSA) is 159 Å². The summed E-state index contributed by atoms with van der Waals surface area (Å²) >= 11 is 0. The highest BCUT2D eigenvalue weighted by molar-refractivity contribution is 7.92. The summed E-state index contributed by atoms with van der Waals surface area (Å²) in [5, 5.41) is 5.71. The van der Waals surface area contributed by atoms with E-state index >= 15 is 0 Å². The summed E-state index contributed by atoms with van der Waals surface area (Å²) in [6.45, 7) is 2.04. The molecule has 0 radical (unpaired) electrons. The highest BCUT2D eigenvalue weighted by atomic mass is 32.2. The van der Waals surface area contributed by atoms with E-state index in [0.29, 0.717) is 23.1 Å². The molecule has 0 saturated heterocycles. The van der Waals surface area contributed by atoms with Crippen molar-refractivity contribution in [2.45, 2.75) is 18.2 Å². The van der Waals surface area contributed by atoms with E-state index in [1.54, 1.807) is 54.6 Å². The molecule has 32 heavy (non-hydrogen) atoms. The zero-order valence-corrected chi connectivity index (χ0v) is 19.1. The predicted molar refractivity (Wildman–Crippen MR) is 123 cm³/mol. The normalized spacial score (nSPS) is 14.0. The number of para-hydroxylation sites is 1. The highest BCUT2D eigenvalue weighted by Crippen LogP contribution is 2.32. The number of hydrogen-bond acceptors (Lipinski definition) is 7. The number of carbonyl (C=O) groups excluding carboxylic acids is 1. The summed E-state index contributed by atoms with van der Waals surface area (Å²) in [5.74, 6) is 4.65. The third-order valence-electron chi connectivity index (χ3n) is 4.29. The minimum Gasteiger partial charge on any atom is -0.322 e. The molecule has 1 aliphatic heterocycles. The second kappa shape index (κ2) is 10.4. The number of nitrogens with two attached hydrogens (primary N) is 1. The number of anilines is 1. The van der Waals surface area contributed by atoms with Gasteiger partial charge in [0, 0.05) is 12.1 Å². The quantitative estimate of drug-likeness (QED) is 0.196. The van der Waals surface area contributed by atoms with E-state index in [4.69, 9.17) is 10.4 Å². The molecule has 0 fully saturated rings. The van der Waals surface area contributed by atoms with E-state index in [0.717, 1.165) is 11.9 Å². The number of rotatable bonds is 4. The van der Waals surface area contributed by atoms with Gasteiger partial charge >= 0.3 is 0 Å². The van der Waals surface area contributed by atoms with E-state index < -0.39 is 20.1 Å². The number of sulfonamides is 1.